The zero-order valence-corrected chi connectivity index (χ0v) is 10.6. The number of rotatable bonds is 4. The first-order chi connectivity index (χ1) is 8.50. The monoisotopic (exact) mass is 274 g/mol. The molecule has 0 saturated carbocycles. The van der Waals surface area contributed by atoms with E-state index in [1.165, 1.54) is 11.3 Å². The Balaban J connectivity index is 2.20. The lowest BCUT2D eigenvalue weighted by atomic mass is 10.2. The SMILES string of the molecule is CCNC(Cc1nc2ccccc2s1)C(F)(F)F. The van der Waals surface area contributed by atoms with Crippen molar-refractivity contribution in [1.82, 2.24) is 10.3 Å². The van der Waals surface area contributed by atoms with Crippen LogP contribution in [0.2, 0.25) is 0 Å². The minimum Gasteiger partial charge on any atom is -0.306 e. The van der Waals surface area contributed by atoms with Gasteiger partial charge >= 0.3 is 6.18 Å². The lowest BCUT2D eigenvalue weighted by Gasteiger charge is -2.19. The molecule has 0 saturated heterocycles. The smallest absolute Gasteiger partial charge is 0.306 e. The topological polar surface area (TPSA) is 24.9 Å². The van der Waals surface area contributed by atoms with E-state index >= 15 is 0 Å². The summed E-state index contributed by atoms with van der Waals surface area (Å²) in [5, 5.41) is 2.97. The van der Waals surface area contributed by atoms with Crippen LogP contribution in [0.4, 0.5) is 13.2 Å². The summed E-state index contributed by atoms with van der Waals surface area (Å²) in [5.41, 5.74) is 0.759. The largest absolute Gasteiger partial charge is 0.404 e. The average molecular weight is 274 g/mol. The Morgan fingerprint density at radius 2 is 2.06 bits per heavy atom. The first-order valence-corrected chi connectivity index (χ1v) is 6.47. The van der Waals surface area contributed by atoms with Crippen LogP contribution in [0.3, 0.4) is 0 Å². The predicted molar refractivity (Wildman–Crippen MR) is 66.8 cm³/mol. The van der Waals surface area contributed by atoms with Gasteiger partial charge in [-0.3, -0.25) is 0 Å². The molecule has 0 aliphatic carbocycles. The van der Waals surface area contributed by atoms with Crippen LogP contribution in [-0.4, -0.2) is 23.7 Å². The molecule has 0 spiro atoms. The van der Waals surface area contributed by atoms with Gasteiger partial charge in [0.2, 0.25) is 0 Å². The van der Waals surface area contributed by atoms with E-state index in [4.69, 9.17) is 0 Å². The minimum atomic E-state index is -4.24. The Hall–Kier alpha value is -1.14. The molecule has 0 aliphatic rings. The van der Waals surface area contributed by atoms with E-state index in [-0.39, 0.29) is 13.0 Å². The number of para-hydroxylation sites is 1. The zero-order valence-electron chi connectivity index (χ0n) is 9.79. The lowest BCUT2D eigenvalue weighted by Crippen LogP contribution is -2.43. The van der Waals surface area contributed by atoms with Crippen molar-refractivity contribution >= 4 is 21.6 Å². The number of aromatic nitrogens is 1. The molecule has 1 atom stereocenters. The summed E-state index contributed by atoms with van der Waals surface area (Å²) in [6.45, 7) is 1.95. The standard InChI is InChI=1S/C12H13F3N2S/c1-2-16-10(12(13,14)15)7-11-17-8-5-3-4-6-9(8)18-11/h3-6,10,16H,2,7H2,1H3. The van der Waals surface area contributed by atoms with Gasteiger partial charge in [-0.1, -0.05) is 19.1 Å². The number of nitrogens with zero attached hydrogens (tertiary/aromatic N) is 1. The van der Waals surface area contributed by atoms with Crippen LogP contribution >= 0.6 is 11.3 Å². The molecule has 0 bridgehead atoms. The van der Waals surface area contributed by atoms with Gasteiger partial charge in [0.25, 0.3) is 0 Å². The number of fused-ring (bicyclic) bond motifs is 1. The fraction of sp³-hybridized carbons (Fsp3) is 0.417. The van der Waals surface area contributed by atoms with Gasteiger partial charge in [-0.2, -0.15) is 13.2 Å². The highest BCUT2D eigenvalue weighted by Crippen LogP contribution is 2.27. The number of hydrogen-bond acceptors (Lipinski definition) is 3. The summed E-state index contributed by atoms with van der Waals surface area (Å²) in [6, 6.07) is 5.84. The zero-order chi connectivity index (χ0) is 13.2. The Bertz CT molecular complexity index is 488. The lowest BCUT2D eigenvalue weighted by molar-refractivity contribution is -0.155. The van der Waals surface area contributed by atoms with E-state index in [1.54, 1.807) is 6.92 Å². The molecule has 2 aromatic rings. The molecular formula is C12H13F3N2S. The van der Waals surface area contributed by atoms with Crippen LogP contribution in [0.5, 0.6) is 0 Å². The third kappa shape index (κ3) is 3.00. The fourth-order valence-electron chi connectivity index (χ4n) is 1.73. The van der Waals surface area contributed by atoms with Gasteiger partial charge < -0.3 is 5.32 Å². The van der Waals surface area contributed by atoms with E-state index in [1.807, 2.05) is 24.3 Å². The van der Waals surface area contributed by atoms with Gasteiger partial charge in [-0.25, -0.2) is 4.98 Å². The highest BCUT2D eigenvalue weighted by molar-refractivity contribution is 7.18. The first-order valence-electron chi connectivity index (χ1n) is 5.65. The highest BCUT2D eigenvalue weighted by atomic mass is 32.1. The molecule has 98 valence electrons. The quantitative estimate of drug-likeness (QED) is 0.924. The van der Waals surface area contributed by atoms with Crippen LogP contribution in [0.15, 0.2) is 24.3 Å². The van der Waals surface area contributed by atoms with Crippen molar-refractivity contribution in [2.24, 2.45) is 0 Å². The van der Waals surface area contributed by atoms with Gasteiger partial charge in [0.1, 0.15) is 6.04 Å². The summed E-state index contributed by atoms with van der Waals surface area (Å²) in [6.07, 6.45) is -4.36. The predicted octanol–water partition coefficient (Wildman–Crippen LogP) is 3.38. The van der Waals surface area contributed by atoms with Gasteiger partial charge in [-0.15, -0.1) is 11.3 Å². The van der Waals surface area contributed by atoms with Crippen molar-refractivity contribution in [1.29, 1.82) is 0 Å². The van der Waals surface area contributed by atoms with E-state index < -0.39 is 12.2 Å². The molecule has 0 fully saturated rings. The van der Waals surface area contributed by atoms with E-state index in [0.29, 0.717) is 5.01 Å². The van der Waals surface area contributed by atoms with Crippen molar-refractivity contribution in [2.75, 3.05) is 6.54 Å². The molecular weight excluding hydrogens is 261 g/mol. The molecule has 2 rings (SSSR count). The van der Waals surface area contributed by atoms with E-state index in [9.17, 15) is 13.2 Å². The normalized spacial score (nSPS) is 14.0. The second kappa shape index (κ2) is 5.24. The number of benzene rings is 1. The molecule has 6 heteroatoms. The number of likely N-dealkylation sites (N-methyl/N-ethyl adjacent to an activating group) is 1. The van der Waals surface area contributed by atoms with E-state index in [0.717, 1.165) is 10.2 Å². The van der Waals surface area contributed by atoms with Gasteiger partial charge in [-0.05, 0) is 18.7 Å². The summed E-state index contributed by atoms with van der Waals surface area (Å²) >= 11 is 1.32. The van der Waals surface area contributed by atoms with E-state index in [2.05, 4.69) is 10.3 Å². The molecule has 2 nitrogen and oxygen atoms in total. The van der Waals surface area contributed by atoms with Crippen LogP contribution in [0, 0.1) is 0 Å². The third-order valence-corrected chi connectivity index (χ3v) is 3.62. The summed E-state index contributed by atoms with van der Waals surface area (Å²) in [5.74, 6) is 0. The van der Waals surface area contributed by atoms with Crippen LogP contribution in [-0.2, 0) is 6.42 Å². The number of nitrogens with one attached hydrogen (secondary N) is 1. The summed E-state index contributed by atoms with van der Waals surface area (Å²) in [7, 11) is 0. The Labute approximate surface area is 107 Å². The average Bonchev–Trinajstić information content (AvgIpc) is 2.69. The molecule has 0 radical (unpaired) electrons. The Morgan fingerprint density at radius 3 is 2.67 bits per heavy atom. The molecule has 1 aromatic carbocycles. The van der Waals surface area contributed by atoms with Crippen molar-refractivity contribution in [3.05, 3.63) is 29.3 Å². The highest BCUT2D eigenvalue weighted by Gasteiger charge is 2.39. The number of thiazole rings is 1. The minimum absolute atomic E-state index is 0.114. The molecule has 1 heterocycles. The molecule has 1 aromatic heterocycles. The number of hydrogen-bond donors (Lipinski definition) is 1. The summed E-state index contributed by atoms with van der Waals surface area (Å²) < 4.78 is 39.2. The number of halogens is 3. The van der Waals surface area contributed by atoms with Crippen LogP contribution in [0.1, 0.15) is 11.9 Å². The maximum atomic E-state index is 12.8. The van der Waals surface area contributed by atoms with Gasteiger partial charge in [0, 0.05) is 6.42 Å². The van der Waals surface area contributed by atoms with Crippen LogP contribution < -0.4 is 5.32 Å². The van der Waals surface area contributed by atoms with Crippen molar-refractivity contribution in [2.45, 2.75) is 25.6 Å². The van der Waals surface area contributed by atoms with Gasteiger partial charge in [0.05, 0.1) is 15.2 Å². The molecule has 0 aliphatic heterocycles. The molecule has 18 heavy (non-hydrogen) atoms. The van der Waals surface area contributed by atoms with Gasteiger partial charge in [0.15, 0.2) is 0 Å². The second-order valence-corrected chi connectivity index (χ2v) is 5.05. The van der Waals surface area contributed by atoms with Crippen molar-refractivity contribution < 1.29 is 13.2 Å². The molecule has 1 unspecified atom stereocenters. The third-order valence-electron chi connectivity index (χ3n) is 2.56. The Morgan fingerprint density at radius 1 is 1.33 bits per heavy atom. The molecule has 0 amide bonds. The number of alkyl halides is 3. The van der Waals surface area contributed by atoms with Crippen molar-refractivity contribution in [3.8, 4) is 0 Å². The van der Waals surface area contributed by atoms with Crippen LogP contribution in [0.25, 0.3) is 10.2 Å². The second-order valence-electron chi connectivity index (χ2n) is 3.93. The summed E-state index contributed by atoms with van der Waals surface area (Å²) in [4.78, 5) is 4.23. The Kier molecular flexibility index (Phi) is 3.87. The fourth-order valence-corrected chi connectivity index (χ4v) is 2.74. The molecule has 1 N–H and O–H groups in total. The maximum absolute atomic E-state index is 12.8. The maximum Gasteiger partial charge on any atom is 0.404 e. The van der Waals surface area contributed by atoms with Crippen molar-refractivity contribution in [3.63, 3.8) is 0 Å². The first kappa shape index (κ1) is 13.3.